The van der Waals surface area contributed by atoms with Crippen LogP contribution >= 0.6 is 0 Å². The second kappa shape index (κ2) is 5.76. The first-order valence-electron chi connectivity index (χ1n) is 8.87. The second-order valence-corrected chi connectivity index (χ2v) is 8.17. The number of methoxy groups -OCH3 is 1. The Morgan fingerprint density at radius 1 is 1.29 bits per heavy atom. The first-order chi connectivity index (χ1) is 11.3. The lowest BCUT2D eigenvalue weighted by molar-refractivity contribution is -0.0731. The summed E-state index contributed by atoms with van der Waals surface area (Å²) in [5.41, 5.74) is 3.07. The number of carbonyl (C=O) groups is 1. The highest BCUT2D eigenvalue weighted by Crippen LogP contribution is 2.57. The van der Waals surface area contributed by atoms with Gasteiger partial charge in [-0.15, -0.1) is 0 Å². The van der Waals surface area contributed by atoms with E-state index in [-0.39, 0.29) is 22.8 Å². The average molecular weight is 331 g/mol. The highest BCUT2D eigenvalue weighted by molar-refractivity contribution is 5.97. The van der Waals surface area contributed by atoms with Crippen molar-refractivity contribution in [2.24, 2.45) is 11.3 Å². The van der Waals surface area contributed by atoms with E-state index >= 15 is 0 Å². The summed E-state index contributed by atoms with van der Waals surface area (Å²) in [5, 5.41) is 13.2. The lowest BCUT2D eigenvalue weighted by atomic mass is 9.49. The number of ether oxygens (including phenoxy) is 1. The molecule has 1 fully saturated rings. The first-order valence-corrected chi connectivity index (χ1v) is 8.87. The standard InChI is InChI=1S/C20H29NO3/c1-19(2)16-7-6-12-10-13(18(23)21-4)15(24-5)11-14(12)20(16,3)9-8-17(19)22/h10-11,16-17,22H,6-9H2,1-5H3,(H,21,23)/t16-,17-,20+/m0/s1. The third kappa shape index (κ3) is 2.34. The monoisotopic (exact) mass is 331 g/mol. The fraction of sp³-hybridized carbons (Fsp3) is 0.650. The van der Waals surface area contributed by atoms with E-state index in [1.807, 2.05) is 6.07 Å². The second-order valence-electron chi connectivity index (χ2n) is 8.17. The lowest BCUT2D eigenvalue weighted by Gasteiger charge is -2.56. The van der Waals surface area contributed by atoms with E-state index in [1.165, 1.54) is 11.1 Å². The fourth-order valence-corrected chi connectivity index (χ4v) is 5.19. The van der Waals surface area contributed by atoms with Crippen molar-refractivity contribution in [2.75, 3.05) is 14.2 Å². The lowest BCUT2D eigenvalue weighted by Crippen LogP contribution is -2.53. The molecule has 0 spiro atoms. The van der Waals surface area contributed by atoms with Crippen LogP contribution in [0.15, 0.2) is 12.1 Å². The maximum Gasteiger partial charge on any atom is 0.254 e. The minimum Gasteiger partial charge on any atom is -0.496 e. The number of rotatable bonds is 2. The Hall–Kier alpha value is -1.55. The van der Waals surface area contributed by atoms with Gasteiger partial charge in [-0.25, -0.2) is 0 Å². The van der Waals surface area contributed by atoms with Gasteiger partial charge in [-0.2, -0.15) is 0 Å². The molecule has 1 aromatic rings. The zero-order chi connectivity index (χ0) is 17.7. The van der Waals surface area contributed by atoms with E-state index in [0.717, 1.165) is 25.7 Å². The molecule has 0 aromatic heterocycles. The zero-order valence-electron chi connectivity index (χ0n) is 15.4. The number of hydrogen-bond acceptors (Lipinski definition) is 3. The number of amides is 1. The topological polar surface area (TPSA) is 58.6 Å². The third-order valence-electron chi connectivity index (χ3n) is 6.68. The van der Waals surface area contributed by atoms with Gasteiger partial charge in [0.1, 0.15) is 5.75 Å². The minimum absolute atomic E-state index is 0.0187. The number of nitrogens with one attached hydrogen (secondary N) is 1. The predicted molar refractivity (Wildman–Crippen MR) is 94.6 cm³/mol. The van der Waals surface area contributed by atoms with Crippen LogP contribution in [0.2, 0.25) is 0 Å². The Morgan fingerprint density at radius 2 is 2.00 bits per heavy atom. The Kier molecular flexibility index (Phi) is 4.15. The van der Waals surface area contributed by atoms with E-state index in [0.29, 0.717) is 17.2 Å². The smallest absolute Gasteiger partial charge is 0.254 e. The van der Waals surface area contributed by atoms with Gasteiger partial charge in [-0.05, 0) is 65.7 Å². The number of aliphatic hydroxyl groups excluding tert-OH is 1. The highest BCUT2D eigenvalue weighted by Gasteiger charge is 2.53. The molecule has 2 N–H and O–H groups in total. The molecule has 4 nitrogen and oxygen atoms in total. The Morgan fingerprint density at radius 3 is 2.62 bits per heavy atom. The molecule has 132 valence electrons. The molecule has 3 rings (SSSR count). The van der Waals surface area contributed by atoms with Crippen LogP contribution in [-0.2, 0) is 11.8 Å². The van der Waals surface area contributed by atoms with E-state index in [1.54, 1.807) is 14.2 Å². The van der Waals surface area contributed by atoms with E-state index in [9.17, 15) is 9.90 Å². The molecule has 1 aromatic carbocycles. The van der Waals surface area contributed by atoms with E-state index < -0.39 is 0 Å². The zero-order valence-corrected chi connectivity index (χ0v) is 15.4. The van der Waals surface area contributed by atoms with Crippen molar-refractivity contribution in [1.29, 1.82) is 0 Å². The highest BCUT2D eigenvalue weighted by atomic mass is 16.5. The van der Waals surface area contributed by atoms with Crippen LogP contribution in [-0.4, -0.2) is 31.3 Å². The van der Waals surface area contributed by atoms with Crippen LogP contribution in [0.4, 0.5) is 0 Å². The van der Waals surface area contributed by atoms with Crippen LogP contribution in [0.1, 0.15) is 61.5 Å². The molecule has 0 aliphatic heterocycles. The van der Waals surface area contributed by atoms with E-state index in [2.05, 4.69) is 32.2 Å². The van der Waals surface area contributed by atoms with Crippen molar-refractivity contribution in [2.45, 2.75) is 58.0 Å². The molecule has 2 aliphatic rings. The summed E-state index contributed by atoms with van der Waals surface area (Å²) in [6.45, 7) is 6.71. The molecule has 24 heavy (non-hydrogen) atoms. The average Bonchev–Trinajstić information content (AvgIpc) is 2.57. The number of benzene rings is 1. The SMILES string of the molecule is CNC(=O)c1cc2c(cc1OC)[C@@]1(C)CC[C@H](O)C(C)(C)[C@@H]1CC2. The van der Waals surface area contributed by atoms with Crippen molar-refractivity contribution >= 4 is 5.91 Å². The van der Waals surface area contributed by atoms with Crippen LogP contribution in [0.5, 0.6) is 5.75 Å². The molecule has 3 atom stereocenters. The molecule has 1 amide bonds. The van der Waals surface area contributed by atoms with Gasteiger partial charge in [-0.1, -0.05) is 20.8 Å². The van der Waals surface area contributed by atoms with Crippen molar-refractivity contribution in [3.05, 3.63) is 28.8 Å². The minimum atomic E-state index is -0.246. The number of fused-ring (bicyclic) bond motifs is 3. The maximum absolute atomic E-state index is 12.2. The summed E-state index contributed by atoms with van der Waals surface area (Å²) < 4.78 is 5.52. The Bertz CT molecular complexity index is 667. The molecule has 0 unspecified atom stereocenters. The number of hydrogen-bond donors (Lipinski definition) is 2. The number of carbonyl (C=O) groups excluding carboxylic acids is 1. The van der Waals surface area contributed by atoms with Crippen LogP contribution in [0.3, 0.4) is 0 Å². The molecule has 0 radical (unpaired) electrons. The van der Waals surface area contributed by atoms with Crippen molar-refractivity contribution in [1.82, 2.24) is 5.32 Å². The summed E-state index contributed by atoms with van der Waals surface area (Å²) in [5.74, 6) is 0.956. The van der Waals surface area contributed by atoms with Gasteiger partial charge in [0.25, 0.3) is 5.91 Å². The number of aryl methyl sites for hydroxylation is 1. The summed E-state index contributed by atoms with van der Waals surface area (Å²) >= 11 is 0. The van der Waals surface area contributed by atoms with Crippen molar-refractivity contribution in [3.63, 3.8) is 0 Å². The van der Waals surface area contributed by atoms with Gasteiger partial charge in [-0.3, -0.25) is 4.79 Å². The summed E-state index contributed by atoms with van der Waals surface area (Å²) in [4.78, 5) is 12.2. The molecule has 2 aliphatic carbocycles. The Balaban J connectivity index is 2.13. The summed E-state index contributed by atoms with van der Waals surface area (Å²) in [6.07, 6.45) is 3.54. The summed E-state index contributed by atoms with van der Waals surface area (Å²) in [6, 6.07) is 4.08. The maximum atomic E-state index is 12.2. The normalized spacial score (nSPS) is 30.9. The van der Waals surface area contributed by atoms with Gasteiger partial charge in [0.2, 0.25) is 0 Å². The fourth-order valence-electron chi connectivity index (χ4n) is 5.19. The van der Waals surface area contributed by atoms with Gasteiger partial charge >= 0.3 is 0 Å². The predicted octanol–water partition coefficient (Wildman–Crippen LogP) is 3.06. The van der Waals surface area contributed by atoms with Gasteiger partial charge in [0.05, 0.1) is 18.8 Å². The molecular weight excluding hydrogens is 302 g/mol. The number of aliphatic hydroxyl groups is 1. The first kappa shape index (κ1) is 17.3. The quantitative estimate of drug-likeness (QED) is 0.876. The van der Waals surface area contributed by atoms with Crippen LogP contribution < -0.4 is 10.1 Å². The summed E-state index contributed by atoms with van der Waals surface area (Å²) in [7, 11) is 3.26. The van der Waals surface area contributed by atoms with Gasteiger partial charge in [0.15, 0.2) is 0 Å². The molecule has 0 bridgehead atoms. The van der Waals surface area contributed by atoms with Crippen molar-refractivity contribution in [3.8, 4) is 5.75 Å². The molecule has 0 heterocycles. The largest absolute Gasteiger partial charge is 0.496 e. The van der Waals surface area contributed by atoms with Gasteiger partial charge in [0, 0.05) is 7.05 Å². The third-order valence-corrected chi connectivity index (χ3v) is 6.68. The van der Waals surface area contributed by atoms with Crippen LogP contribution in [0, 0.1) is 11.3 Å². The molecular formula is C20H29NO3. The van der Waals surface area contributed by atoms with E-state index in [4.69, 9.17) is 4.74 Å². The molecule has 1 saturated carbocycles. The Labute approximate surface area is 144 Å². The molecule has 4 heteroatoms. The van der Waals surface area contributed by atoms with Crippen LogP contribution in [0.25, 0.3) is 0 Å². The van der Waals surface area contributed by atoms with Gasteiger partial charge < -0.3 is 15.2 Å². The van der Waals surface area contributed by atoms with Crippen molar-refractivity contribution < 1.29 is 14.6 Å². The molecule has 0 saturated heterocycles.